The average molecular weight is 784 g/mol. The first-order valence-electron chi connectivity index (χ1n) is 20.8. The van der Waals surface area contributed by atoms with Crippen LogP contribution in [0.25, 0.3) is 0 Å². The van der Waals surface area contributed by atoms with Crippen molar-refractivity contribution in [3.8, 4) is 0 Å². The SMILES string of the molecule is C[C@H](CC[CH]C(C)(C)O)[C@H]1CC[C@@]2(C)[C@@H]3CC=C4C(CCC(OC5OC(COC6OC(CO)C(O)C(O)C6O)C(O)C(O)C5O)C4(C)C)[C@]3(C)C(O)C[C@]12C. The van der Waals surface area contributed by atoms with Gasteiger partial charge in [-0.15, -0.1) is 0 Å². The lowest BCUT2D eigenvalue weighted by Gasteiger charge is -2.67. The first-order valence-corrected chi connectivity index (χ1v) is 20.8. The van der Waals surface area contributed by atoms with Gasteiger partial charge in [-0.3, -0.25) is 0 Å². The average Bonchev–Trinajstić information content (AvgIpc) is 3.38. The van der Waals surface area contributed by atoms with Crippen molar-refractivity contribution < 1.29 is 64.9 Å². The molecule has 0 aromatic heterocycles. The van der Waals surface area contributed by atoms with Crippen LogP contribution >= 0.6 is 0 Å². The molecule has 0 aromatic rings. The molecule has 6 aliphatic rings. The second-order valence-electron chi connectivity index (χ2n) is 19.9. The maximum absolute atomic E-state index is 12.4. The van der Waals surface area contributed by atoms with Gasteiger partial charge in [-0.2, -0.15) is 0 Å². The molecule has 4 aliphatic carbocycles. The zero-order chi connectivity index (χ0) is 40.6. The van der Waals surface area contributed by atoms with E-state index in [2.05, 4.69) is 47.6 Å². The summed E-state index contributed by atoms with van der Waals surface area (Å²) in [6.45, 7) is 16.4. The Morgan fingerprint density at radius 3 is 2.09 bits per heavy atom. The summed E-state index contributed by atoms with van der Waals surface area (Å²) in [7, 11) is 0. The second kappa shape index (κ2) is 15.7. The number of aliphatic hydroxyl groups is 9. The van der Waals surface area contributed by atoms with Crippen LogP contribution in [0.5, 0.6) is 0 Å². The highest BCUT2D eigenvalue weighted by atomic mass is 16.7. The van der Waals surface area contributed by atoms with Gasteiger partial charge < -0.3 is 64.9 Å². The summed E-state index contributed by atoms with van der Waals surface area (Å²) in [5, 5.41) is 95.5. The summed E-state index contributed by atoms with van der Waals surface area (Å²) in [5.41, 5.74) is -0.397. The number of fused-ring (bicyclic) bond motifs is 5. The quantitative estimate of drug-likeness (QED) is 0.137. The van der Waals surface area contributed by atoms with Crippen LogP contribution in [0.1, 0.15) is 107 Å². The molecule has 2 heterocycles. The Bertz CT molecular complexity index is 1370. The van der Waals surface area contributed by atoms with E-state index < -0.39 is 97.8 Å². The number of aliphatic hydroxyl groups excluding tert-OH is 8. The fourth-order valence-electron chi connectivity index (χ4n) is 12.5. The second-order valence-corrected chi connectivity index (χ2v) is 19.9. The molecule has 0 aromatic carbocycles. The van der Waals surface area contributed by atoms with E-state index in [1.54, 1.807) is 0 Å². The van der Waals surface area contributed by atoms with Crippen LogP contribution in [0, 0.1) is 51.8 Å². The molecule has 1 radical (unpaired) electrons. The third-order valence-electron chi connectivity index (χ3n) is 16.1. The molecule has 2 saturated heterocycles. The van der Waals surface area contributed by atoms with Gasteiger partial charge in [0.25, 0.3) is 0 Å². The van der Waals surface area contributed by atoms with E-state index in [1.165, 1.54) is 5.57 Å². The fraction of sp³-hybridized carbons (Fsp3) is 0.929. The van der Waals surface area contributed by atoms with Crippen LogP contribution in [0.15, 0.2) is 11.6 Å². The van der Waals surface area contributed by atoms with E-state index in [4.69, 9.17) is 18.9 Å². The first-order chi connectivity index (χ1) is 25.5. The van der Waals surface area contributed by atoms with Crippen molar-refractivity contribution in [1.82, 2.24) is 0 Å². The summed E-state index contributed by atoms with van der Waals surface area (Å²) in [4.78, 5) is 0. The molecule has 0 spiro atoms. The monoisotopic (exact) mass is 783 g/mol. The molecular formula is C42H71O13. The van der Waals surface area contributed by atoms with E-state index >= 15 is 0 Å². The van der Waals surface area contributed by atoms with E-state index in [-0.39, 0.29) is 22.2 Å². The van der Waals surface area contributed by atoms with Gasteiger partial charge in [-0.05, 0) is 99.7 Å². The van der Waals surface area contributed by atoms with Crippen LogP contribution < -0.4 is 0 Å². The molecule has 13 unspecified atom stereocenters. The predicted molar refractivity (Wildman–Crippen MR) is 201 cm³/mol. The van der Waals surface area contributed by atoms with E-state index in [9.17, 15) is 46.0 Å². The van der Waals surface area contributed by atoms with Crippen LogP contribution in [0.2, 0.25) is 0 Å². The van der Waals surface area contributed by atoms with Crippen LogP contribution in [-0.2, 0) is 18.9 Å². The van der Waals surface area contributed by atoms with Crippen LogP contribution in [0.3, 0.4) is 0 Å². The molecular weight excluding hydrogens is 712 g/mol. The summed E-state index contributed by atoms with van der Waals surface area (Å²) < 4.78 is 23.6. The molecule has 13 heteroatoms. The Morgan fingerprint density at radius 1 is 0.836 bits per heavy atom. The number of allylic oxidation sites excluding steroid dienone is 1. The Labute approximate surface area is 327 Å². The summed E-state index contributed by atoms with van der Waals surface area (Å²) in [5.74, 6) is 1.37. The molecule has 6 rings (SSSR count). The Kier molecular flexibility index (Phi) is 12.5. The van der Waals surface area contributed by atoms with E-state index in [0.29, 0.717) is 24.2 Å². The third kappa shape index (κ3) is 7.42. The van der Waals surface area contributed by atoms with Gasteiger partial charge in [0.2, 0.25) is 0 Å². The minimum Gasteiger partial charge on any atom is -0.394 e. The molecule has 0 amide bonds. The van der Waals surface area contributed by atoms with Gasteiger partial charge in [-0.25, -0.2) is 0 Å². The minimum atomic E-state index is -1.66. The van der Waals surface area contributed by atoms with Gasteiger partial charge in [0.1, 0.15) is 48.8 Å². The van der Waals surface area contributed by atoms with Crippen molar-refractivity contribution in [1.29, 1.82) is 0 Å². The first kappa shape index (κ1) is 43.8. The highest BCUT2D eigenvalue weighted by molar-refractivity contribution is 5.32. The molecule has 5 fully saturated rings. The highest BCUT2D eigenvalue weighted by Crippen LogP contribution is 2.75. The minimum absolute atomic E-state index is 0.0190. The number of hydrogen-bond donors (Lipinski definition) is 9. The zero-order valence-electron chi connectivity index (χ0n) is 34.1. The molecule has 0 bridgehead atoms. The zero-order valence-corrected chi connectivity index (χ0v) is 34.1. The highest BCUT2D eigenvalue weighted by Gasteiger charge is 2.70. The maximum Gasteiger partial charge on any atom is 0.187 e. The number of hydrogen-bond acceptors (Lipinski definition) is 13. The maximum atomic E-state index is 12.4. The lowest BCUT2D eigenvalue weighted by molar-refractivity contribution is -0.340. The molecule has 9 N–H and O–H groups in total. The van der Waals surface area contributed by atoms with Crippen molar-refractivity contribution in [2.45, 2.75) is 186 Å². The van der Waals surface area contributed by atoms with Crippen molar-refractivity contribution >= 4 is 0 Å². The Balaban J connectivity index is 1.16. The van der Waals surface area contributed by atoms with E-state index in [1.807, 2.05) is 20.3 Å². The van der Waals surface area contributed by atoms with Crippen LogP contribution in [-0.4, -0.2) is 138 Å². The van der Waals surface area contributed by atoms with Crippen LogP contribution in [0.4, 0.5) is 0 Å². The normalized spacial score (nSPS) is 50.4. The molecule has 2 aliphatic heterocycles. The van der Waals surface area contributed by atoms with Crippen molar-refractivity contribution in [2.75, 3.05) is 13.2 Å². The van der Waals surface area contributed by atoms with Gasteiger partial charge in [-0.1, -0.05) is 59.6 Å². The number of rotatable bonds is 11. The van der Waals surface area contributed by atoms with E-state index in [0.717, 1.165) is 44.9 Å². The smallest absolute Gasteiger partial charge is 0.187 e. The standard InChI is InChI=1S/C42H71O13/c1-21(10-9-16-38(2,3)51)22-15-17-40(6)27-13-11-23-24(42(27,8)28(44)18-41(22,40)7)12-14-29(39(23,4)5)55-37-35(50)33(48)31(46)26(54-37)20-52-36-34(49)32(47)30(45)25(19-43)53-36/h11,16,21-22,24-37,43-51H,9-10,12-15,17-20H2,1-8H3/t21-,22-,24?,25?,26?,27+,28?,29?,30?,31?,32?,33?,34?,35?,36?,37?,40+,41-,42+/m1/s1. The van der Waals surface area contributed by atoms with Crippen molar-refractivity contribution in [3.63, 3.8) is 0 Å². The number of ether oxygens (including phenoxy) is 4. The predicted octanol–water partition coefficient (Wildman–Crippen LogP) is 1.96. The molecule has 3 saturated carbocycles. The third-order valence-corrected chi connectivity index (χ3v) is 16.1. The van der Waals surface area contributed by atoms with Gasteiger partial charge in [0.15, 0.2) is 12.6 Å². The molecule has 55 heavy (non-hydrogen) atoms. The summed E-state index contributed by atoms with van der Waals surface area (Å²) in [6, 6.07) is 0. The largest absolute Gasteiger partial charge is 0.394 e. The topological polar surface area (TPSA) is 219 Å². The molecule has 19 atom stereocenters. The molecule has 13 nitrogen and oxygen atoms in total. The Morgan fingerprint density at radius 2 is 1.45 bits per heavy atom. The summed E-state index contributed by atoms with van der Waals surface area (Å²) >= 11 is 0. The fourth-order valence-corrected chi connectivity index (χ4v) is 12.5. The molecule has 317 valence electrons. The van der Waals surface area contributed by atoms with Crippen molar-refractivity contribution in [2.24, 2.45) is 45.3 Å². The lowest BCUT2D eigenvalue weighted by atomic mass is 9.38. The van der Waals surface area contributed by atoms with Gasteiger partial charge in [0, 0.05) is 10.8 Å². The van der Waals surface area contributed by atoms with Crippen molar-refractivity contribution in [3.05, 3.63) is 18.1 Å². The van der Waals surface area contributed by atoms with Gasteiger partial charge in [0.05, 0.1) is 31.0 Å². The van der Waals surface area contributed by atoms with Gasteiger partial charge >= 0.3 is 0 Å². The summed E-state index contributed by atoms with van der Waals surface area (Å²) in [6.07, 6.45) is -4.26. The lowest BCUT2D eigenvalue weighted by Crippen LogP contribution is -2.65. The Hall–Kier alpha value is -0.780.